The van der Waals surface area contributed by atoms with Crippen molar-refractivity contribution in [3.8, 4) is 0 Å². The largest absolute Gasteiger partial charge is 0.326 e. The maximum atomic E-state index is 12.2. The summed E-state index contributed by atoms with van der Waals surface area (Å²) in [6, 6.07) is -0.676. The third-order valence-electron chi connectivity index (χ3n) is 3.59. The normalized spacial score (nSPS) is 19.5. The number of thiazole rings is 1. The Morgan fingerprint density at radius 3 is 2.52 bits per heavy atom. The highest BCUT2D eigenvalue weighted by Crippen LogP contribution is 2.24. The van der Waals surface area contributed by atoms with E-state index in [9.17, 15) is 9.59 Å². The molecule has 0 aliphatic carbocycles. The van der Waals surface area contributed by atoms with Gasteiger partial charge in [-0.1, -0.05) is 34.6 Å². The Morgan fingerprint density at radius 1 is 1.38 bits per heavy atom. The van der Waals surface area contributed by atoms with Gasteiger partial charge in [-0.05, 0) is 5.92 Å². The van der Waals surface area contributed by atoms with Gasteiger partial charge in [-0.2, -0.15) is 0 Å². The van der Waals surface area contributed by atoms with Crippen LogP contribution in [-0.2, 0) is 16.6 Å². The number of nitrogens with zero attached hydrogens (tertiary/aromatic N) is 2. The summed E-state index contributed by atoms with van der Waals surface area (Å²) >= 11 is 1.59. The quantitative estimate of drug-likeness (QED) is 0.870. The topological polar surface area (TPSA) is 62.3 Å². The van der Waals surface area contributed by atoms with Crippen LogP contribution >= 0.6 is 11.3 Å². The lowest BCUT2D eigenvalue weighted by molar-refractivity contribution is -0.128. The van der Waals surface area contributed by atoms with Crippen LogP contribution in [0.2, 0.25) is 0 Å². The summed E-state index contributed by atoms with van der Waals surface area (Å²) in [4.78, 5) is 29.9. The van der Waals surface area contributed by atoms with Crippen molar-refractivity contribution in [2.24, 2.45) is 5.92 Å². The molecule has 5 nitrogen and oxygen atoms in total. The van der Waals surface area contributed by atoms with Crippen molar-refractivity contribution in [2.75, 3.05) is 6.54 Å². The van der Waals surface area contributed by atoms with E-state index in [1.54, 1.807) is 11.3 Å². The number of carbonyl (C=O) groups is 2. The zero-order valence-electron chi connectivity index (χ0n) is 13.3. The molecular formula is C15H23N3O2S. The van der Waals surface area contributed by atoms with E-state index in [1.807, 2.05) is 13.8 Å². The number of rotatable bonds is 4. The Balaban J connectivity index is 1.99. The van der Waals surface area contributed by atoms with Gasteiger partial charge in [-0.25, -0.2) is 9.78 Å². The average molecular weight is 309 g/mol. The summed E-state index contributed by atoms with van der Waals surface area (Å²) in [6.07, 6.45) is 0.616. The van der Waals surface area contributed by atoms with Crippen molar-refractivity contribution < 1.29 is 9.59 Å². The second-order valence-electron chi connectivity index (χ2n) is 6.79. The summed E-state index contributed by atoms with van der Waals surface area (Å²) in [5.74, 6) is -0.0126. The number of hydrogen-bond acceptors (Lipinski definition) is 4. The molecule has 0 unspecified atom stereocenters. The van der Waals surface area contributed by atoms with Gasteiger partial charge >= 0.3 is 6.03 Å². The van der Waals surface area contributed by atoms with E-state index in [0.29, 0.717) is 13.0 Å². The zero-order valence-corrected chi connectivity index (χ0v) is 14.1. The van der Waals surface area contributed by atoms with Crippen LogP contribution in [0.25, 0.3) is 0 Å². The van der Waals surface area contributed by atoms with Crippen molar-refractivity contribution in [3.05, 3.63) is 16.1 Å². The fourth-order valence-corrected chi connectivity index (χ4v) is 3.20. The molecule has 1 aromatic rings. The number of nitrogens with one attached hydrogen (secondary N) is 1. The summed E-state index contributed by atoms with van der Waals surface area (Å²) in [7, 11) is 0. The molecule has 0 bridgehead atoms. The molecule has 0 saturated carbocycles. The number of aromatic nitrogens is 1. The van der Waals surface area contributed by atoms with Gasteiger partial charge in [0.05, 0.1) is 10.7 Å². The Labute approximate surface area is 129 Å². The Morgan fingerprint density at radius 2 is 2.05 bits per heavy atom. The molecule has 116 valence electrons. The predicted molar refractivity (Wildman–Crippen MR) is 83.4 cm³/mol. The third-order valence-corrected chi connectivity index (χ3v) is 4.50. The molecule has 1 fully saturated rings. The van der Waals surface area contributed by atoms with Crippen LogP contribution < -0.4 is 5.32 Å². The zero-order chi connectivity index (χ0) is 15.8. The monoisotopic (exact) mass is 309 g/mol. The molecular weight excluding hydrogens is 286 g/mol. The van der Waals surface area contributed by atoms with E-state index in [2.05, 4.69) is 36.5 Å². The number of amides is 3. The van der Waals surface area contributed by atoms with Crippen molar-refractivity contribution in [2.45, 2.75) is 52.5 Å². The Kier molecular flexibility index (Phi) is 4.37. The molecule has 0 aromatic carbocycles. The molecule has 1 atom stereocenters. The molecule has 2 rings (SSSR count). The number of hydrogen-bond donors (Lipinski definition) is 1. The Hall–Kier alpha value is -1.43. The van der Waals surface area contributed by atoms with Crippen molar-refractivity contribution in [1.82, 2.24) is 15.2 Å². The number of urea groups is 1. The molecule has 0 spiro atoms. The van der Waals surface area contributed by atoms with Crippen LogP contribution in [0.4, 0.5) is 4.79 Å². The van der Waals surface area contributed by atoms with E-state index in [1.165, 1.54) is 4.90 Å². The maximum Gasteiger partial charge on any atom is 0.324 e. The fourth-order valence-electron chi connectivity index (χ4n) is 2.18. The highest BCUT2D eigenvalue weighted by atomic mass is 32.1. The molecule has 2 heterocycles. The van der Waals surface area contributed by atoms with Crippen LogP contribution in [0.15, 0.2) is 5.38 Å². The molecule has 1 aliphatic rings. The minimum absolute atomic E-state index is 0.0261. The highest BCUT2D eigenvalue weighted by molar-refractivity contribution is 7.09. The smallest absolute Gasteiger partial charge is 0.324 e. The van der Waals surface area contributed by atoms with E-state index in [-0.39, 0.29) is 29.3 Å². The fraction of sp³-hybridized carbons (Fsp3) is 0.667. The van der Waals surface area contributed by atoms with Gasteiger partial charge in [-0.15, -0.1) is 11.3 Å². The summed E-state index contributed by atoms with van der Waals surface area (Å²) < 4.78 is 0. The Bertz CT molecular complexity index is 545. The molecule has 3 amide bonds. The number of imide groups is 1. The third kappa shape index (κ3) is 3.43. The highest BCUT2D eigenvalue weighted by Gasteiger charge is 2.39. The molecule has 0 radical (unpaired) electrons. The molecule has 1 saturated heterocycles. The van der Waals surface area contributed by atoms with Gasteiger partial charge in [0, 0.05) is 23.8 Å². The number of carbonyl (C=O) groups excluding carboxylic acids is 2. The maximum absolute atomic E-state index is 12.2. The van der Waals surface area contributed by atoms with Gasteiger partial charge in [0.25, 0.3) is 5.91 Å². The lowest BCUT2D eigenvalue weighted by atomic mass is 9.93. The molecule has 1 N–H and O–H groups in total. The predicted octanol–water partition coefficient (Wildman–Crippen LogP) is 2.56. The standard InChI is InChI=1S/C15H23N3O2S/c1-9(2)12-13(19)18(14(20)17-12)7-6-11-16-10(8-21-11)15(3,4)5/h8-9,12H,6-7H2,1-5H3,(H,17,20)/t12-/m0/s1. The lowest BCUT2D eigenvalue weighted by Gasteiger charge is -2.15. The van der Waals surface area contributed by atoms with Crippen LogP contribution in [0, 0.1) is 5.92 Å². The SMILES string of the molecule is CC(C)[C@@H]1NC(=O)N(CCc2nc(C(C)(C)C)cs2)C1=O. The van der Waals surface area contributed by atoms with E-state index in [4.69, 9.17) is 0 Å². The van der Waals surface area contributed by atoms with E-state index >= 15 is 0 Å². The van der Waals surface area contributed by atoms with Crippen LogP contribution in [0.1, 0.15) is 45.3 Å². The molecule has 1 aliphatic heterocycles. The van der Waals surface area contributed by atoms with Gasteiger partial charge < -0.3 is 5.32 Å². The molecule has 21 heavy (non-hydrogen) atoms. The van der Waals surface area contributed by atoms with Gasteiger partial charge in [0.2, 0.25) is 0 Å². The van der Waals surface area contributed by atoms with Gasteiger partial charge in [-0.3, -0.25) is 9.69 Å². The van der Waals surface area contributed by atoms with Crippen LogP contribution in [0.5, 0.6) is 0 Å². The second kappa shape index (κ2) is 5.75. The average Bonchev–Trinajstić information content (AvgIpc) is 2.93. The molecule has 1 aromatic heterocycles. The minimum Gasteiger partial charge on any atom is -0.326 e. The first-order valence-electron chi connectivity index (χ1n) is 7.27. The molecule has 6 heteroatoms. The second-order valence-corrected chi connectivity index (χ2v) is 7.73. The summed E-state index contributed by atoms with van der Waals surface area (Å²) in [6.45, 7) is 10.6. The van der Waals surface area contributed by atoms with Gasteiger partial charge in [0.1, 0.15) is 6.04 Å². The summed E-state index contributed by atoms with van der Waals surface area (Å²) in [5.41, 5.74) is 1.08. The minimum atomic E-state index is -0.390. The first-order valence-corrected chi connectivity index (χ1v) is 8.15. The van der Waals surface area contributed by atoms with Crippen molar-refractivity contribution in [1.29, 1.82) is 0 Å². The van der Waals surface area contributed by atoms with Crippen LogP contribution in [0.3, 0.4) is 0 Å². The van der Waals surface area contributed by atoms with Crippen molar-refractivity contribution >= 4 is 23.3 Å². The first-order chi connectivity index (χ1) is 9.70. The van der Waals surface area contributed by atoms with E-state index < -0.39 is 0 Å². The lowest BCUT2D eigenvalue weighted by Crippen LogP contribution is -2.35. The van der Waals surface area contributed by atoms with Crippen LogP contribution in [-0.4, -0.2) is 34.4 Å². The summed E-state index contributed by atoms with van der Waals surface area (Å²) in [5, 5.41) is 5.76. The first kappa shape index (κ1) is 15.9. The van der Waals surface area contributed by atoms with Crippen molar-refractivity contribution in [3.63, 3.8) is 0 Å². The van der Waals surface area contributed by atoms with E-state index in [0.717, 1.165) is 10.7 Å². The van der Waals surface area contributed by atoms with Gasteiger partial charge in [0.15, 0.2) is 0 Å².